The van der Waals surface area contributed by atoms with E-state index >= 15 is 0 Å². The first-order valence-corrected chi connectivity index (χ1v) is 5.91. The van der Waals surface area contributed by atoms with Gasteiger partial charge in [0.05, 0.1) is 18.6 Å². The molecule has 1 unspecified atom stereocenters. The van der Waals surface area contributed by atoms with Crippen molar-refractivity contribution in [3.8, 4) is 6.07 Å². The van der Waals surface area contributed by atoms with Crippen LogP contribution in [0.1, 0.15) is 20.3 Å². The Morgan fingerprint density at radius 2 is 2.27 bits per heavy atom. The summed E-state index contributed by atoms with van der Waals surface area (Å²) in [6.07, 6.45) is 0.794. The standard InChI is InChI=1S/C10H18N2O2S/c1-10(2,7-11)4-5-15-6-8(12)9(13)14-3/h8H,4-6,12H2,1-3H3. The molecule has 0 bridgehead atoms. The molecular formula is C10H18N2O2S. The van der Waals surface area contributed by atoms with Gasteiger partial charge in [0.1, 0.15) is 6.04 Å². The van der Waals surface area contributed by atoms with E-state index < -0.39 is 6.04 Å². The molecule has 0 aliphatic rings. The molecule has 0 amide bonds. The zero-order valence-corrected chi connectivity index (χ0v) is 10.3. The van der Waals surface area contributed by atoms with Crippen LogP contribution in [0.3, 0.4) is 0 Å². The Bertz CT molecular complexity index is 248. The van der Waals surface area contributed by atoms with Crippen LogP contribution in [0.5, 0.6) is 0 Å². The minimum absolute atomic E-state index is 0.303. The van der Waals surface area contributed by atoms with Crippen molar-refractivity contribution in [2.75, 3.05) is 18.6 Å². The maximum absolute atomic E-state index is 10.9. The average molecular weight is 230 g/mol. The zero-order chi connectivity index (χ0) is 11.9. The smallest absolute Gasteiger partial charge is 0.323 e. The van der Waals surface area contributed by atoms with Crippen molar-refractivity contribution in [1.29, 1.82) is 5.26 Å². The number of hydrogen-bond acceptors (Lipinski definition) is 5. The summed E-state index contributed by atoms with van der Waals surface area (Å²) in [5, 5.41) is 8.77. The lowest BCUT2D eigenvalue weighted by atomic mass is 9.93. The lowest BCUT2D eigenvalue weighted by Gasteiger charge is -2.14. The second-order valence-electron chi connectivity index (χ2n) is 3.95. The molecule has 0 fully saturated rings. The molecule has 0 spiro atoms. The number of nitrogens with two attached hydrogens (primary N) is 1. The van der Waals surface area contributed by atoms with Gasteiger partial charge >= 0.3 is 5.97 Å². The van der Waals surface area contributed by atoms with E-state index in [2.05, 4.69) is 10.8 Å². The second-order valence-corrected chi connectivity index (χ2v) is 5.10. The van der Waals surface area contributed by atoms with Crippen molar-refractivity contribution in [1.82, 2.24) is 0 Å². The maximum atomic E-state index is 10.9. The number of esters is 1. The Morgan fingerprint density at radius 1 is 1.67 bits per heavy atom. The topological polar surface area (TPSA) is 76.1 Å². The lowest BCUT2D eigenvalue weighted by molar-refractivity contribution is -0.141. The molecule has 0 aliphatic carbocycles. The Hall–Kier alpha value is -0.730. The Morgan fingerprint density at radius 3 is 2.73 bits per heavy atom. The van der Waals surface area contributed by atoms with Crippen LogP contribution < -0.4 is 5.73 Å². The minimum atomic E-state index is -0.565. The molecule has 2 N–H and O–H groups in total. The third-order valence-electron chi connectivity index (χ3n) is 1.98. The SMILES string of the molecule is COC(=O)C(N)CSCCC(C)(C)C#N. The number of nitriles is 1. The normalized spacial score (nSPS) is 13.0. The molecule has 0 aromatic rings. The summed E-state index contributed by atoms with van der Waals surface area (Å²) in [6, 6.07) is 1.66. The molecule has 0 rings (SSSR count). The summed E-state index contributed by atoms with van der Waals surface area (Å²) >= 11 is 1.57. The van der Waals surface area contributed by atoms with Crippen LogP contribution in [0.15, 0.2) is 0 Å². The number of carbonyl (C=O) groups excluding carboxylic acids is 1. The highest BCUT2D eigenvalue weighted by molar-refractivity contribution is 7.99. The zero-order valence-electron chi connectivity index (χ0n) is 9.45. The highest BCUT2D eigenvalue weighted by atomic mass is 32.2. The van der Waals surface area contributed by atoms with Crippen LogP contribution in [-0.2, 0) is 9.53 Å². The first-order chi connectivity index (χ1) is 6.93. The van der Waals surface area contributed by atoms with E-state index in [-0.39, 0.29) is 11.4 Å². The molecule has 0 heterocycles. The number of methoxy groups -OCH3 is 1. The number of ether oxygens (including phenoxy) is 1. The number of hydrogen-bond donors (Lipinski definition) is 1. The van der Waals surface area contributed by atoms with E-state index in [9.17, 15) is 4.79 Å². The molecule has 0 aromatic carbocycles. The van der Waals surface area contributed by atoms with Crippen molar-refractivity contribution in [3.05, 3.63) is 0 Å². The predicted molar refractivity (Wildman–Crippen MR) is 61.3 cm³/mol. The van der Waals surface area contributed by atoms with Crippen molar-refractivity contribution in [2.24, 2.45) is 11.1 Å². The summed E-state index contributed by atoms with van der Waals surface area (Å²) in [7, 11) is 1.33. The van der Waals surface area contributed by atoms with Crippen LogP contribution in [0.25, 0.3) is 0 Å². The van der Waals surface area contributed by atoms with Gasteiger partial charge < -0.3 is 10.5 Å². The van der Waals surface area contributed by atoms with Gasteiger partial charge in [-0.3, -0.25) is 4.79 Å². The molecule has 0 radical (unpaired) electrons. The largest absolute Gasteiger partial charge is 0.468 e. The fraction of sp³-hybridized carbons (Fsp3) is 0.800. The summed E-state index contributed by atoms with van der Waals surface area (Å²) in [5.41, 5.74) is 5.25. The monoisotopic (exact) mass is 230 g/mol. The second kappa shape index (κ2) is 6.70. The molecular weight excluding hydrogens is 212 g/mol. The quantitative estimate of drug-likeness (QED) is 0.547. The highest BCUT2D eigenvalue weighted by Crippen LogP contribution is 2.21. The number of carbonyl (C=O) groups is 1. The van der Waals surface area contributed by atoms with Crippen molar-refractivity contribution in [3.63, 3.8) is 0 Å². The van der Waals surface area contributed by atoms with Gasteiger partial charge in [0.25, 0.3) is 0 Å². The van der Waals surface area contributed by atoms with Crippen LogP contribution in [0.4, 0.5) is 0 Å². The van der Waals surface area contributed by atoms with Crippen LogP contribution in [0, 0.1) is 16.7 Å². The lowest BCUT2D eigenvalue weighted by Crippen LogP contribution is -2.34. The van der Waals surface area contributed by atoms with Gasteiger partial charge in [-0.05, 0) is 26.0 Å². The Balaban J connectivity index is 3.64. The van der Waals surface area contributed by atoms with E-state index in [1.54, 1.807) is 11.8 Å². The molecule has 5 heteroatoms. The minimum Gasteiger partial charge on any atom is -0.468 e. The molecule has 0 aromatic heterocycles. The van der Waals surface area contributed by atoms with Crippen LogP contribution >= 0.6 is 11.8 Å². The maximum Gasteiger partial charge on any atom is 0.323 e. The first-order valence-electron chi connectivity index (χ1n) is 4.75. The summed E-state index contributed by atoms with van der Waals surface area (Å²) in [4.78, 5) is 10.9. The molecule has 0 saturated carbocycles. The molecule has 15 heavy (non-hydrogen) atoms. The molecule has 4 nitrogen and oxygen atoms in total. The fourth-order valence-electron chi connectivity index (χ4n) is 0.813. The Labute approximate surface area is 95.2 Å². The van der Waals surface area contributed by atoms with Crippen LogP contribution in [0.2, 0.25) is 0 Å². The molecule has 0 saturated heterocycles. The summed E-state index contributed by atoms with van der Waals surface area (Å²) in [6.45, 7) is 3.79. The van der Waals surface area contributed by atoms with E-state index in [1.807, 2.05) is 13.8 Å². The van der Waals surface area contributed by atoms with Crippen molar-refractivity contribution < 1.29 is 9.53 Å². The van der Waals surface area contributed by atoms with E-state index in [0.29, 0.717) is 5.75 Å². The van der Waals surface area contributed by atoms with Crippen LogP contribution in [-0.4, -0.2) is 30.6 Å². The molecule has 1 atom stereocenters. The van der Waals surface area contributed by atoms with Gasteiger partial charge in [-0.1, -0.05) is 0 Å². The highest BCUT2D eigenvalue weighted by Gasteiger charge is 2.17. The van der Waals surface area contributed by atoms with Gasteiger partial charge in [-0.2, -0.15) is 17.0 Å². The number of rotatable bonds is 6. The van der Waals surface area contributed by atoms with E-state index in [4.69, 9.17) is 11.0 Å². The summed E-state index contributed by atoms with van der Waals surface area (Å²) < 4.78 is 4.50. The fourth-order valence-corrected chi connectivity index (χ4v) is 2.02. The van der Waals surface area contributed by atoms with Gasteiger partial charge in [-0.25, -0.2) is 0 Å². The van der Waals surface area contributed by atoms with Gasteiger partial charge in [0.15, 0.2) is 0 Å². The number of thioether (sulfide) groups is 1. The van der Waals surface area contributed by atoms with E-state index in [1.165, 1.54) is 7.11 Å². The molecule has 0 aliphatic heterocycles. The third kappa shape index (κ3) is 6.37. The third-order valence-corrected chi connectivity index (χ3v) is 3.06. The number of nitrogens with zero attached hydrogens (tertiary/aromatic N) is 1. The van der Waals surface area contributed by atoms with Gasteiger partial charge in [0, 0.05) is 5.75 Å². The first kappa shape index (κ1) is 14.3. The summed E-state index contributed by atoms with van der Waals surface area (Å²) in [5.74, 6) is 0.974. The predicted octanol–water partition coefficient (Wildman–Crippen LogP) is 1.16. The Kier molecular flexibility index (Phi) is 6.37. The average Bonchev–Trinajstić information content (AvgIpc) is 2.22. The van der Waals surface area contributed by atoms with Gasteiger partial charge in [0.2, 0.25) is 0 Å². The van der Waals surface area contributed by atoms with Crippen molar-refractivity contribution >= 4 is 17.7 Å². The van der Waals surface area contributed by atoms with E-state index in [0.717, 1.165) is 12.2 Å². The van der Waals surface area contributed by atoms with Gasteiger partial charge in [-0.15, -0.1) is 0 Å². The molecule has 86 valence electrons. The van der Waals surface area contributed by atoms with Crippen molar-refractivity contribution in [2.45, 2.75) is 26.3 Å².